The third kappa shape index (κ3) is 2.87. The van der Waals surface area contributed by atoms with Crippen molar-refractivity contribution in [1.82, 2.24) is 5.32 Å². The summed E-state index contributed by atoms with van der Waals surface area (Å²) >= 11 is 4.16. The van der Waals surface area contributed by atoms with Crippen LogP contribution in [0, 0.1) is 0 Å². The first-order chi connectivity index (χ1) is 9.79. The highest BCUT2D eigenvalue weighted by Gasteiger charge is 2.32. The minimum absolute atomic E-state index is 0.306. The fourth-order valence-corrected chi connectivity index (χ4v) is 5.70. The first-order valence-electron chi connectivity index (χ1n) is 7.24. The minimum atomic E-state index is 0.306. The van der Waals surface area contributed by atoms with E-state index in [9.17, 15) is 0 Å². The van der Waals surface area contributed by atoms with E-state index in [0.29, 0.717) is 16.5 Å². The molecule has 1 fully saturated rings. The van der Waals surface area contributed by atoms with Crippen molar-refractivity contribution < 1.29 is 4.42 Å². The summed E-state index contributed by atoms with van der Waals surface area (Å²) in [4.78, 5) is 0. The van der Waals surface area contributed by atoms with Crippen LogP contribution in [0.25, 0.3) is 11.0 Å². The second-order valence-electron chi connectivity index (χ2n) is 5.13. The number of nitrogens with one attached hydrogen (secondary N) is 1. The van der Waals surface area contributed by atoms with Gasteiger partial charge in [0.05, 0.1) is 6.04 Å². The lowest BCUT2D eigenvalue weighted by Crippen LogP contribution is -2.37. The molecule has 3 unspecified atom stereocenters. The number of hydrogen-bond donors (Lipinski definition) is 1. The Labute approximate surface area is 129 Å². The topological polar surface area (TPSA) is 25.2 Å². The van der Waals surface area contributed by atoms with Crippen molar-refractivity contribution >= 4 is 34.5 Å². The van der Waals surface area contributed by atoms with Gasteiger partial charge in [0.25, 0.3) is 0 Å². The zero-order valence-electron chi connectivity index (χ0n) is 12.0. The highest BCUT2D eigenvalue weighted by molar-refractivity contribution is 8.07. The van der Waals surface area contributed by atoms with E-state index in [0.717, 1.165) is 17.9 Å². The van der Waals surface area contributed by atoms with Crippen LogP contribution in [0.2, 0.25) is 0 Å². The Balaban J connectivity index is 1.92. The molecule has 20 heavy (non-hydrogen) atoms. The summed E-state index contributed by atoms with van der Waals surface area (Å²) < 4.78 is 6.10. The van der Waals surface area contributed by atoms with Crippen molar-refractivity contribution in [2.75, 3.05) is 18.1 Å². The van der Waals surface area contributed by atoms with Crippen LogP contribution in [0.15, 0.2) is 34.7 Å². The van der Waals surface area contributed by atoms with E-state index in [-0.39, 0.29) is 0 Å². The molecule has 1 aliphatic rings. The van der Waals surface area contributed by atoms with Crippen molar-refractivity contribution in [3.63, 3.8) is 0 Å². The molecular formula is C16H21NOS2. The highest BCUT2D eigenvalue weighted by atomic mass is 32.2. The monoisotopic (exact) mass is 307 g/mol. The molecule has 1 aromatic carbocycles. The summed E-state index contributed by atoms with van der Waals surface area (Å²) in [5.41, 5.74) is 0.992. The first-order valence-corrected chi connectivity index (χ1v) is 9.34. The predicted octanol–water partition coefficient (Wildman–Crippen LogP) is 4.32. The van der Waals surface area contributed by atoms with Crippen LogP contribution in [0.4, 0.5) is 0 Å². The summed E-state index contributed by atoms with van der Waals surface area (Å²) in [7, 11) is 0. The standard InChI is InChI=1S/C16H21NOS2/c1-3-17-15(16-11(2)19-8-9-20-16)14-10-12-6-4-5-7-13(12)18-14/h4-7,10-11,15-17H,3,8-9H2,1-2H3. The fraction of sp³-hybridized carbons (Fsp3) is 0.500. The second-order valence-corrected chi connectivity index (χ2v) is 7.90. The summed E-state index contributed by atoms with van der Waals surface area (Å²) in [5.74, 6) is 3.59. The first kappa shape index (κ1) is 14.4. The smallest absolute Gasteiger partial charge is 0.134 e. The third-order valence-corrected chi connectivity index (χ3v) is 6.94. The summed E-state index contributed by atoms with van der Waals surface area (Å²) in [6.07, 6.45) is 0. The Morgan fingerprint density at radius 1 is 1.30 bits per heavy atom. The number of hydrogen-bond acceptors (Lipinski definition) is 4. The van der Waals surface area contributed by atoms with Crippen LogP contribution in [-0.4, -0.2) is 28.6 Å². The number of benzene rings is 1. The zero-order valence-corrected chi connectivity index (χ0v) is 13.6. The summed E-state index contributed by atoms with van der Waals surface area (Å²) in [6, 6.07) is 10.8. The van der Waals surface area contributed by atoms with Gasteiger partial charge in [-0.25, -0.2) is 0 Å². The predicted molar refractivity (Wildman–Crippen MR) is 90.8 cm³/mol. The molecule has 2 nitrogen and oxygen atoms in total. The van der Waals surface area contributed by atoms with Gasteiger partial charge in [0, 0.05) is 27.4 Å². The quantitative estimate of drug-likeness (QED) is 0.909. The van der Waals surface area contributed by atoms with Crippen LogP contribution in [0.1, 0.15) is 25.6 Å². The maximum atomic E-state index is 6.10. The molecule has 4 heteroatoms. The molecule has 1 aromatic heterocycles. The molecule has 3 rings (SSSR count). The van der Waals surface area contributed by atoms with Gasteiger partial charge in [-0.05, 0) is 18.7 Å². The highest BCUT2D eigenvalue weighted by Crippen LogP contribution is 2.39. The van der Waals surface area contributed by atoms with Gasteiger partial charge >= 0.3 is 0 Å². The molecule has 108 valence electrons. The van der Waals surface area contributed by atoms with E-state index >= 15 is 0 Å². The van der Waals surface area contributed by atoms with Gasteiger partial charge in [-0.15, -0.1) is 0 Å². The van der Waals surface area contributed by atoms with Gasteiger partial charge in [-0.3, -0.25) is 0 Å². The van der Waals surface area contributed by atoms with Crippen LogP contribution in [0.3, 0.4) is 0 Å². The van der Waals surface area contributed by atoms with Crippen LogP contribution < -0.4 is 5.32 Å². The SMILES string of the molecule is CCNC(c1cc2ccccc2o1)C1SCCSC1C. The normalized spacial score (nSPS) is 24.9. The third-order valence-electron chi connectivity index (χ3n) is 3.74. The lowest BCUT2D eigenvalue weighted by Gasteiger charge is -2.33. The maximum absolute atomic E-state index is 6.10. The molecule has 1 N–H and O–H groups in total. The molecule has 3 atom stereocenters. The molecule has 0 bridgehead atoms. The van der Waals surface area contributed by atoms with E-state index in [1.165, 1.54) is 16.9 Å². The van der Waals surface area contributed by atoms with Crippen molar-refractivity contribution in [3.8, 4) is 0 Å². The Morgan fingerprint density at radius 2 is 2.10 bits per heavy atom. The molecule has 2 heterocycles. The van der Waals surface area contributed by atoms with Crippen LogP contribution in [-0.2, 0) is 0 Å². The molecule has 1 aliphatic heterocycles. The number of fused-ring (bicyclic) bond motifs is 1. The largest absolute Gasteiger partial charge is 0.459 e. The number of para-hydroxylation sites is 1. The van der Waals surface area contributed by atoms with E-state index in [1.54, 1.807) is 0 Å². The van der Waals surface area contributed by atoms with Crippen molar-refractivity contribution in [1.29, 1.82) is 0 Å². The van der Waals surface area contributed by atoms with Gasteiger partial charge in [-0.2, -0.15) is 23.5 Å². The summed E-state index contributed by atoms with van der Waals surface area (Å²) in [5, 5.41) is 6.07. The lowest BCUT2D eigenvalue weighted by molar-refractivity contribution is 0.424. The van der Waals surface area contributed by atoms with E-state index in [1.807, 2.05) is 12.1 Å². The van der Waals surface area contributed by atoms with Gasteiger partial charge in [0.15, 0.2) is 0 Å². The average molecular weight is 307 g/mol. The zero-order chi connectivity index (χ0) is 13.9. The minimum Gasteiger partial charge on any atom is -0.459 e. The number of rotatable bonds is 4. The molecule has 0 amide bonds. The number of furan rings is 1. The number of thioether (sulfide) groups is 2. The Hall–Kier alpha value is -0.580. The molecule has 0 spiro atoms. The molecule has 0 aliphatic carbocycles. The van der Waals surface area contributed by atoms with Gasteiger partial charge in [0.2, 0.25) is 0 Å². The van der Waals surface area contributed by atoms with Crippen LogP contribution in [0.5, 0.6) is 0 Å². The second kappa shape index (κ2) is 6.46. The van der Waals surface area contributed by atoms with Gasteiger partial charge in [-0.1, -0.05) is 32.0 Å². The molecule has 2 aromatic rings. The average Bonchev–Trinajstić information content (AvgIpc) is 2.89. The van der Waals surface area contributed by atoms with Gasteiger partial charge in [0.1, 0.15) is 11.3 Å². The van der Waals surface area contributed by atoms with Crippen molar-refractivity contribution in [2.45, 2.75) is 30.4 Å². The van der Waals surface area contributed by atoms with E-state index in [2.05, 4.69) is 60.9 Å². The van der Waals surface area contributed by atoms with Crippen LogP contribution >= 0.6 is 23.5 Å². The van der Waals surface area contributed by atoms with Gasteiger partial charge < -0.3 is 9.73 Å². The lowest BCUT2D eigenvalue weighted by atomic mass is 10.1. The molecule has 0 radical (unpaired) electrons. The maximum Gasteiger partial charge on any atom is 0.134 e. The molecule has 0 saturated carbocycles. The van der Waals surface area contributed by atoms with Crippen molar-refractivity contribution in [3.05, 3.63) is 36.1 Å². The Bertz CT molecular complexity index is 535. The Kier molecular flexibility index (Phi) is 4.64. The molecule has 1 saturated heterocycles. The van der Waals surface area contributed by atoms with E-state index in [4.69, 9.17) is 4.42 Å². The molecular weight excluding hydrogens is 286 g/mol. The summed E-state index contributed by atoms with van der Waals surface area (Å²) in [6.45, 7) is 5.48. The Morgan fingerprint density at radius 3 is 2.85 bits per heavy atom. The van der Waals surface area contributed by atoms with E-state index < -0.39 is 0 Å². The fourth-order valence-electron chi connectivity index (χ4n) is 2.77. The van der Waals surface area contributed by atoms with Crippen molar-refractivity contribution in [2.24, 2.45) is 0 Å².